The molecule has 2 N–H and O–H groups in total. The van der Waals surface area contributed by atoms with Crippen LogP contribution in [0.4, 0.5) is 18.2 Å². The van der Waals surface area contributed by atoms with E-state index >= 15 is 0 Å². The summed E-state index contributed by atoms with van der Waals surface area (Å²) in [5.41, 5.74) is -0.176. The lowest BCUT2D eigenvalue weighted by molar-refractivity contribution is -0.141. The van der Waals surface area contributed by atoms with Gasteiger partial charge < -0.3 is 15.4 Å². The highest BCUT2D eigenvalue weighted by Crippen LogP contribution is 2.46. The zero-order chi connectivity index (χ0) is 22.1. The second kappa shape index (κ2) is 9.11. The third kappa shape index (κ3) is 5.25. The van der Waals surface area contributed by atoms with Crippen LogP contribution in [-0.4, -0.2) is 34.5 Å². The number of thiophene rings is 1. The summed E-state index contributed by atoms with van der Waals surface area (Å²) in [6.45, 7) is 2.55. The molecule has 0 amide bonds. The monoisotopic (exact) mass is 480 g/mol. The SMILES string of the molecule is COC(=O)c1cc(C)sc1NC(=S)NCCCn1nc(C(F)(F)F)c(Cl)c1C1CC1. The number of carbonyl (C=O) groups is 1. The van der Waals surface area contributed by atoms with E-state index in [2.05, 4.69) is 15.7 Å². The Balaban J connectivity index is 1.56. The number of halogens is 4. The van der Waals surface area contributed by atoms with E-state index in [9.17, 15) is 18.0 Å². The van der Waals surface area contributed by atoms with Gasteiger partial charge in [-0.1, -0.05) is 11.6 Å². The summed E-state index contributed by atoms with van der Waals surface area (Å²) in [4.78, 5) is 12.7. The number of aryl methyl sites for hydroxylation is 2. The number of hydrogen-bond acceptors (Lipinski definition) is 5. The number of nitrogens with one attached hydrogen (secondary N) is 2. The molecule has 1 fully saturated rings. The minimum Gasteiger partial charge on any atom is -0.465 e. The van der Waals surface area contributed by atoms with Gasteiger partial charge in [0.2, 0.25) is 0 Å². The first-order valence-electron chi connectivity index (χ1n) is 9.18. The quantitative estimate of drug-likeness (QED) is 0.331. The van der Waals surface area contributed by atoms with Crippen molar-refractivity contribution in [2.45, 2.75) is 44.8 Å². The number of anilines is 1. The highest BCUT2D eigenvalue weighted by Gasteiger charge is 2.41. The van der Waals surface area contributed by atoms with E-state index in [4.69, 9.17) is 28.6 Å². The molecule has 0 atom stereocenters. The van der Waals surface area contributed by atoms with E-state index in [0.717, 1.165) is 17.7 Å². The van der Waals surface area contributed by atoms with Gasteiger partial charge in [-0.15, -0.1) is 11.3 Å². The van der Waals surface area contributed by atoms with Crippen LogP contribution in [0.5, 0.6) is 0 Å². The van der Waals surface area contributed by atoms with E-state index in [0.29, 0.717) is 34.3 Å². The summed E-state index contributed by atoms with van der Waals surface area (Å²) in [5.74, 6) is -0.427. The molecule has 0 radical (unpaired) electrons. The van der Waals surface area contributed by atoms with Gasteiger partial charge in [0.1, 0.15) is 5.00 Å². The molecule has 1 saturated carbocycles. The first-order valence-corrected chi connectivity index (χ1v) is 10.8. The Morgan fingerprint density at radius 1 is 1.47 bits per heavy atom. The lowest BCUT2D eigenvalue weighted by Crippen LogP contribution is -2.30. The molecule has 3 rings (SSSR count). The van der Waals surface area contributed by atoms with Crippen LogP contribution in [0, 0.1) is 6.92 Å². The van der Waals surface area contributed by atoms with E-state index in [1.54, 1.807) is 6.07 Å². The Morgan fingerprint density at radius 3 is 2.77 bits per heavy atom. The molecule has 2 aromatic heterocycles. The molecule has 0 unspecified atom stereocenters. The lowest BCUT2D eigenvalue weighted by Gasteiger charge is -2.11. The van der Waals surface area contributed by atoms with Gasteiger partial charge in [-0.05, 0) is 44.5 Å². The summed E-state index contributed by atoms with van der Waals surface area (Å²) in [6.07, 6.45) is -2.45. The van der Waals surface area contributed by atoms with Crippen LogP contribution in [0.2, 0.25) is 5.02 Å². The van der Waals surface area contributed by atoms with Crippen molar-refractivity contribution in [1.82, 2.24) is 15.1 Å². The molecular formula is C18H20ClF3N4O2S2. The molecule has 164 valence electrons. The maximum atomic E-state index is 13.1. The van der Waals surface area contributed by atoms with Gasteiger partial charge in [-0.25, -0.2) is 4.79 Å². The maximum Gasteiger partial charge on any atom is 0.436 e. The summed E-state index contributed by atoms with van der Waals surface area (Å²) in [5, 5.41) is 10.2. The average molecular weight is 481 g/mol. The fraction of sp³-hybridized carbons (Fsp3) is 0.500. The number of thiocarbonyl (C=S) groups is 1. The maximum absolute atomic E-state index is 13.1. The van der Waals surface area contributed by atoms with Crippen LogP contribution in [0.25, 0.3) is 0 Å². The minimum atomic E-state index is -4.58. The van der Waals surface area contributed by atoms with Crippen molar-refractivity contribution < 1.29 is 22.7 Å². The Hall–Kier alpha value is -1.85. The Labute approximate surface area is 185 Å². The van der Waals surface area contributed by atoms with Crippen molar-refractivity contribution in [3.8, 4) is 0 Å². The molecule has 2 heterocycles. The van der Waals surface area contributed by atoms with Crippen molar-refractivity contribution in [2.75, 3.05) is 19.0 Å². The average Bonchev–Trinajstić information content (AvgIpc) is 3.35. The van der Waals surface area contributed by atoms with Crippen molar-refractivity contribution in [2.24, 2.45) is 0 Å². The molecule has 0 aromatic carbocycles. The fourth-order valence-corrected chi connectivity index (χ4v) is 4.57. The number of hydrogen-bond donors (Lipinski definition) is 2. The number of rotatable bonds is 7. The van der Waals surface area contributed by atoms with Crippen LogP contribution in [0.15, 0.2) is 6.07 Å². The topological polar surface area (TPSA) is 68.2 Å². The van der Waals surface area contributed by atoms with Gasteiger partial charge in [0.25, 0.3) is 0 Å². The molecule has 1 aliphatic carbocycles. The first kappa shape index (κ1) is 22.8. The minimum absolute atomic E-state index is 0.0376. The number of alkyl halides is 3. The zero-order valence-electron chi connectivity index (χ0n) is 16.2. The van der Waals surface area contributed by atoms with E-state index in [-0.39, 0.29) is 17.5 Å². The van der Waals surface area contributed by atoms with E-state index < -0.39 is 17.8 Å². The van der Waals surface area contributed by atoms with Crippen LogP contribution < -0.4 is 10.6 Å². The summed E-state index contributed by atoms with van der Waals surface area (Å²) >= 11 is 12.6. The second-order valence-corrected chi connectivity index (χ2v) is 8.91. The molecule has 1 aliphatic rings. The summed E-state index contributed by atoms with van der Waals surface area (Å²) < 4.78 is 45.5. The third-order valence-corrected chi connectivity index (χ3v) is 6.07. The fourth-order valence-electron chi connectivity index (χ4n) is 3.00. The van der Waals surface area contributed by atoms with Gasteiger partial charge in [0.15, 0.2) is 10.8 Å². The van der Waals surface area contributed by atoms with Gasteiger partial charge in [-0.2, -0.15) is 18.3 Å². The molecule has 0 spiro atoms. The summed E-state index contributed by atoms with van der Waals surface area (Å²) in [7, 11) is 1.30. The predicted molar refractivity (Wildman–Crippen MR) is 113 cm³/mol. The number of nitrogens with zero attached hydrogens (tertiary/aromatic N) is 2. The van der Waals surface area contributed by atoms with E-state index in [1.165, 1.54) is 23.1 Å². The van der Waals surface area contributed by atoms with Crippen LogP contribution in [0.1, 0.15) is 51.8 Å². The van der Waals surface area contributed by atoms with Gasteiger partial charge in [-0.3, -0.25) is 4.68 Å². The number of aromatic nitrogens is 2. The summed E-state index contributed by atoms with van der Waals surface area (Å²) in [6, 6.07) is 1.71. The van der Waals surface area contributed by atoms with Gasteiger partial charge in [0, 0.05) is 23.9 Å². The van der Waals surface area contributed by atoms with Crippen LogP contribution in [-0.2, 0) is 17.5 Å². The van der Waals surface area contributed by atoms with Crippen molar-refractivity contribution >= 4 is 51.2 Å². The highest BCUT2D eigenvalue weighted by molar-refractivity contribution is 7.80. The highest BCUT2D eigenvalue weighted by atomic mass is 35.5. The zero-order valence-corrected chi connectivity index (χ0v) is 18.6. The predicted octanol–water partition coefficient (Wildman–Crippen LogP) is 4.97. The standard InChI is InChI=1S/C18H20ClF3N4O2S2/c1-9-8-11(16(27)28-2)15(30-9)24-17(29)23-6-3-7-26-13(10-4-5-10)12(19)14(25-26)18(20,21)22/h8,10H,3-7H2,1-2H3,(H2,23,24,29). The van der Waals surface area contributed by atoms with Crippen LogP contribution >= 0.6 is 35.2 Å². The van der Waals surface area contributed by atoms with Gasteiger partial charge >= 0.3 is 12.1 Å². The largest absolute Gasteiger partial charge is 0.465 e. The Morgan fingerprint density at radius 2 is 2.17 bits per heavy atom. The molecule has 30 heavy (non-hydrogen) atoms. The number of carbonyl (C=O) groups excluding carboxylic acids is 1. The number of esters is 1. The van der Waals surface area contributed by atoms with Crippen LogP contribution in [0.3, 0.4) is 0 Å². The smallest absolute Gasteiger partial charge is 0.436 e. The molecule has 0 aliphatic heterocycles. The molecule has 12 heteroatoms. The molecule has 2 aromatic rings. The number of ether oxygens (including phenoxy) is 1. The van der Waals surface area contributed by atoms with Crippen molar-refractivity contribution in [1.29, 1.82) is 0 Å². The molecule has 0 bridgehead atoms. The lowest BCUT2D eigenvalue weighted by atomic mass is 10.2. The molecule has 0 saturated heterocycles. The molecule has 6 nitrogen and oxygen atoms in total. The second-order valence-electron chi connectivity index (χ2n) is 6.87. The molecular weight excluding hydrogens is 461 g/mol. The van der Waals surface area contributed by atoms with Crippen molar-refractivity contribution in [3.63, 3.8) is 0 Å². The van der Waals surface area contributed by atoms with Crippen molar-refractivity contribution in [3.05, 3.63) is 32.9 Å². The van der Waals surface area contributed by atoms with E-state index in [1.807, 2.05) is 6.92 Å². The third-order valence-electron chi connectivity index (χ3n) is 4.48. The Bertz CT molecular complexity index is 954. The number of methoxy groups -OCH3 is 1. The Kier molecular flexibility index (Phi) is 6.93. The first-order chi connectivity index (χ1) is 14.1. The normalized spacial score (nSPS) is 13.9. The van der Waals surface area contributed by atoms with Gasteiger partial charge in [0.05, 0.1) is 23.4 Å².